The molecule has 2 aromatic heterocycles. The number of Topliss-reactive ketones (excluding diaryl/α,β-unsaturated/α-hetero) is 1. The third-order valence-electron chi connectivity index (χ3n) is 4.77. The first-order valence-corrected chi connectivity index (χ1v) is 10.1. The van der Waals surface area contributed by atoms with Gasteiger partial charge in [-0.25, -0.2) is 4.98 Å². The summed E-state index contributed by atoms with van der Waals surface area (Å²) in [7, 11) is 1.89. The summed E-state index contributed by atoms with van der Waals surface area (Å²) >= 11 is 0. The lowest BCUT2D eigenvalue weighted by atomic mass is 10.0. The van der Waals surface area contributed by atoms with Gasteiger partial charge in [0.2, 0.25) is 5.91 Å². The molecule has 0 aliphatic heterocycles. The van der Waals surface area contributed by atoms with Crippen molar-refractivity contribution in [2.75, 3.05) is 11.9 Å². The van der Waals surface area contributed by atoms with E-state index in [0.717, 1.165) is 23.2 Å². The fraction of sp³-hybridized carbons (Fsp3) is 0.304. The molecule has 0 radical (unpaired) electrons. The molecule has 7 heteroatoms. The van der Waals surface area contributed by atoms with E-state index in [1.54, 1.807) is 19.4 Å². The van der Waals surface area contributed by atoms with Gasteiger partial charge in [0.1, 0.15) is 5.69 Å². The highest BCUT2D eigenvalue weighted by Gasteiger charge is 2.15. The van der Waals surface area contributed by atoms with Gasteiger partial charge in [-0.05, 0) is 23.6 Å². The molecule has 0 bridgehead atoms. The summed E-state index contributed by atoms with van der Waals surface area (Å²) in [6.45, 7) is 4.47. The second-order valence-corrected chi connectivity index (χ2v) is 7.13. The number of aromatic nitrogens is 3. The Morgan fingerprint density at radius 1 is 1.13 bits per heavy atom. The van der Waals surface area contributed by atoms with Crippen LogP contribution in [0.1, 0.15) is 43.4 Å². The zero-order chi connectivity index (χ0) is 21.5. The molecule has 0 atom stereocenters. The minimum absolute atomic E-state index is 0. The van der Waals surface area contributed by atoms with Crippen molar-refractivity contribution in [3.05, 3.63) is 66.0 Å². The van der Waals surface area contributed by atoms with Gasteiger partial charge in [0, 0.05) is 39.4 Å². The maximum atomic E-state index is 12.5. The Morgan fingerprint density at radius 2 is 1.97 bits per heavy atom. The topological polar surface area (TPSA) is 88.9 Å². The smallest absolute Gasteiger partial charge is 0.238 e. The minimum atomic E-state index is -0.239. The van der Waals surface area contributed by atoms with E-state index >= 15 is 0 Å². The molecule has 2 N–H and O–H groups in total. The third-order valence-corrected chi connectivity index (χ3v) is 4.77. The Hall–Kier alpha value is -3.32. The molecule has 0 saturated carbocycles. The number of aryl methyl sites for hydroxylation is 2. The van der Waals surface area contributed by atoms with Gasteiger partial charge in [0.05, 0.1) is 24.3 Å². The number of ketones is 1. The van der Waals surface area contributed by atoms with Crippen LogP contribution >= 0.6 is 0 Å². The second-order valence-electron chi connectivity index (χ2n) is 7.13. The van der Waals surface area contributed by atoms with Crippen LogP contribution < -0.4 is 10.6 Å². The van der Waals surface area contributed by atoms with E-state index < -0.39 is 0 Å². The monoisotopic (exact) mass is 407 g/mol. The van der Waals surface area contributed by atoms with E-state index in [1.807, 2.05) is 36.0 Å². The highest BCUT2D eigenvalue weighted by atomic mass is 16.2. The van der Waals surface area contributed by atoms with Crippen LogP contribution in [0.5, 0.6) is 0 Å². The molecule has 3 rings (SSSR count). The van der Waals surface area contributed by atoms with Crippen molar-refractivity contribution in [3.8, 4) is 11.1 Å². The van der Waals surface area contributed by atoms with Gasteiger partial charge in [-0.15, -0.1) is 0 Å². The molecule has 7 nitrogen and oxygen atoms in total. The number of imidazole rings is 1. The number of nitrogens with one attached hydrogen (secondary N) is 2. The lowest BCUT2D eigenvalue weighted by Gasteiger charge is -2.12. The van der Waals surface area contributed by atoms with Crippen LogP contribution in [0.4, 0.5) is 5.69 Å². The number of rotatable bonds is 9. The zero-order valence-electron chi connectivity index (χ0n) is 17.6. The quantitative estimate of drug-likeness (QED) is 0.529. The number of nitrogens with zero attached hydrogens (tertiary/aromatic N) is 3. The van der Waals surface area contributed by atoms with Gasteiger partial charge >= 0.3 is 0 Å². The third kappa shape index (κ3) is 5.39. The summed E-state index contributed by atoms with van der Waals surface area (Å²) in [5.74, 6) is -0.349. The average molecular weight is 408 g/mol. The van der Waals surface area contributed by atoms with E-state index in [0.29, 0.717) is 18.7 Å². The predicted octanol–water partition coefficient (Wildman–Crippen LogP) is 3.61. The number of amides is 1. The molecule has 2 heterocycles. The molecular formula is C23H29N5O2. The first-order chi connectivity index (χ1) is 14.5. The number of hydrogen-bond donors (Lipinski definition) is 2. The Labute approximate surface area is 178 Å². The van der Waals surface area contributed by atoms with Gasteiger partial charge < -0.3 is 15.2 Å². The summed E-state index contributed by atoms with van der Waals surface area (Å²) in [5, 5.41) is 5.91. The molecule has 1 aromatic carbocycles. The Bertz CT molecular complexity index is 1050. The maximum Gasteiger partial charge on any atom is 0.238 e. The van der Waals surface area contributed by atoms with Crippen LogP contribution in [0.3, 0.4) is 0 Å². The number of carbonyl (C=O) groups is 2. The number of anilines is 1. The Morgan fingerprint density at radius 3 is 2.67 bits per heavy atom. The van der Waals surface area contributed by atoms with E-state index in [2.05, 4.69) is 39.7 Å². The van der Waals surface area contributed by atoms with Gasteiger partial charge in [-0.2, -0.15) is 0 Å². The van der Waals surface area contributed by atoms with Crippen molar-refractivity contribution < 1.29 is 11.0 Å². The van der Waals surface area contributed by atoms with Crippen LogP contribution in [-0.4, -0.2) is 32.8 Å². The van der Waals surface area contributed by atoms with Crippen molar-refractivity contribution in [3.63, 3.8) is 0 Å². The van der Waals surface area contributed by atoms with E-state index in [4.69, 9.17) is 0 Å². The fourth-order valence-electron chi connectivity index (χ4n) is 3.14. The molecule has 0 spiro atoms. The molecule has 158 valence electrons. The normalized spacial score (nSPS) is 10.8. The summed E-state index contributed by atoms with van der Waals surface area (Å²) in [5.41, 5.74) is 4.64. The number of carbonyl (C=O) groups excluding carboxylic acids is 2. The van der Waals surface area contributed by atoms with Crippen LogP contribution in [0.2, 0.25) is 0 Å². The first-order valence-electron chi connectivity index (χ1n) is 10.1. The summed E-state index contributed by atoms with van der Waals surface area (Å²) < 4.78 is 1.85. The van der Waals surface area contributed by atoms with Crippen LogP contribution in [-0.2, 0) is 24.8 Å². The summed E-state index contributed by atoms with van der Waals surface area (Å²) in [6.07, 6.45) is 6.54. The van der Waals surface area contributed by atoms with Crippen LogP contribution in [0.25, 0.3) is 11.1 Å². The lowest BCUT2D eigenvalue weighted by Crippen LogP contribution is -2.28. The second kappa shape index (κ2) is 9.93. The van der Waals surface area contributed by atoms with Crippen molar-refractivity contribution in [2.45, 2.75) is 33.2 Å². The zero-order valence-corrected chi connectivity index (χ0v) is 17.6. The van der Waals surface area contributed by atoms with E-state index in [-0.39, 0.29) is 25.4 Å². The van der Waals surface area contributed by atoms with E-state index in [1.165, 1.54) is 5.56 Å². The Balaban J connectivity index is 0.00000341. The Kier molecular flexibility index (Phi) is 7.08. The molecule has 0 saturated heterocycles. The number of hydrogen-bond acceptors (Lipinski definition) is 5. The molecule has 1 amide bonds. The largest absolute Gasteiger partial charge is 0.340 e. The summed E-state index contributed by atoms with van der Waals surface area (Å²) in [6, 6.07) is 9.98. The molecular weight excluding hydrogens is 378 g/mol. The number of pyridine rings is 1. The maximum absolute atomic E-state index is 12.5. The van der Waals surface area contributed by atoms with Crippen molar-refractivity contribution >= 4 is 17.4 Å². The van der Waals surface area contributed by atoms with Crippen molar-refractivity contribution in [1.29, 1.82) is 0 Å². The molecule has 30 heavy (non-hydrogen) atoms. The first kappa shape index (κ1) is 21.4. The van der Waals surface area contributed by atoms with Crippen molar-refractivity contribution in [1.82, 2.24) is 19.9 Å². The highest BCUT2D eigenvalue weighted by Crippen LogP contribution is 2.26. The minimum Gasteiger partial charge on any atom is -0.340 e. The van der Waals surface area contributed by atoms with E-state index in [9.17, 15) is 9.59 Å². The molecule has 0 unspecified atom stereocenters. The molecule has 0 aliphatic carbocycles. The van der Waals surface area contributed by atoms with Crippen molar-refractivity contribution in [2.24, 2.45) is 7.05 Å². The predicted molar refractivity (Wildman–Crippen MR) is 119 cm³/mol. The number of benzene rings is 1. The highest BCUT2D eigenvalue weighted by molar-refractivity contribution is 6.04. The fourth-order valence-corrected chi connectivity index (χ4v) is 3.14. The standard InChI is InChI=1S/C23H27N5O2.H2/c1-4-16-7-6-8-17(9-16)18-10-20(23(25-11-18)21(29)5-2)27-22(30)13-24-12-19-14-28(3)15-26-19;/h6-11,14-15,24H,4-5,12-13H2,1-3H3,(H,27,30);1H. The van der Waals surface area contributed by atoms with Crippen LogP contribution in [0, 0.1) is 0 Å². The summed E-state index contributed by atoms with van der Waals surface area (Å²) in [4.78, 5) is 33.4. The molecule has 0 fully saturated rings. The van der Waals surface area contributed by atoms with Crippen LogP contribution in [0.15, 0.2) is 49.1 Å². The van der Waals surface area contributed by atoms with Gasteiger partial charge in [-0.1, -0.05) is 38.1 Å². The SMILES string of the molecule is CCC(=O)c1ncc(-c2cccc(CC)c2)cc1NC(=O)CNCc1cn(C)cn1.[HH]. The molecule has 0 aliphatic rings. The lowest BCUT2D eigenvalue weighted by molar-refractivity contribution is -0.115. The van der Waals surface area contributed by atoms with Gasteiger partial charge in [-0.3, -0.25) is 14.6 Å². The average Bonchev–Trinajstić information content (AvgIpc) is 3.18. The van der Waals surface area contributed by atoms with Gasteiger partial charge in [0.25, 0.3) is 0 Å². The van der Waals surface area contributed by atoms with Gasteiger partial charge in [0.15, 0.2) is 5.78 Å². The molecule has 3 aromatic rings.